The molecule has 1 rings (SSSR count). The molecule has 4 heteroatoms. The Morgan fingerprint density at radius 1 is 1.62 bits per heavy atom. The van der Waals surface area contributed by atoms with Crippen LogP contribution in [0.25, 0.3) is 0 Å². The third-order valence-electron chi connectivity index (χ3n) is 1.56. The molecule has 72 valence electrons. The fourth-order valence-corrected chi connectivity index (χ4v) is 0.843. The van der Waals surface area contributed by atoms with Gasteiger partial charge in [0.25, 0.3) is 0 Å². The number of unbranched alkanes of at least 4 members (excludes halogenated alkanes) is 1. The Kier molecular flexibility index (Phi) is 3.37. The van der Waals surface area contributed by atoms with Crippen LogP contribution in [0.4, 0.5) is 5.88 Å². The molecular weight excluding hydrogens is 170 g/mol. The molecule has 0 amide bonds. The molecule has 0 bridgehead atoms. The molecule has 2 N–H and O–H groups in total. The third-order valence-corrected chi connectivity index (χ3v) is 1.56. The highest BCUT2D eigenvalue weighted by atomic mass is 16.5. The lowest BCUT2D eigenvalue weighted by Gasteiger charge is -1.99. The smallest absolute Gasteiger partial charge is 0.374 e. The van der Waals surface area contributed by atoms with Gasteiger partial charge in [-0.2, -0.15) is 0 Å². The maximum absolute atomic E-state index is 11.2. The van der Waals surface area contributed by atoms with Crippen molar-refractivity contribution in [2.24, 2.45) is 0 Å². The Labute approximate surface area is 76.7 Å². The van der Waals surface area contributed by atoms with Gasteiger partial charge in [-0.3, -0.25) is 0 Å². The predicted octanol–water partition coefficient (Wildman–Crippen LogP) is 1.82. The second-order valence-electron chi connectivity index (χ2n) is 2.69. The molecule has 13 heavy (non-hydrogen) atoms. The average molecular weight is 183 g/mol. The van der Waals surface area contributed by atoms with Gasteiger partial charge in [0.1, 0.15) is 0 Å². The van der Waals surface area contributed by atoms with Crippen LogP contribution in [0.3, 0.4) is 0 Å². The normalized spacial score (nSPS) is 9.92. The van der Waals surface area contributed by atoms with Crippen molar-refractivity contribution in [3.8, 4) is 0 Å². The Morgan fingerprint density at radius 2 is 2.38 bits per heavy atom. The van der Waals surface area contributed by atoms with E-state index in [1.165, 1.54) is 12.1 Å². The Morgan fingerprint density at radius 3 is 2.92 bits per heavy atom. The molecular formula is C9H13NO3. The van der Waals surface area contributed by atoms with E-state index >= 15 is 0 Å². The van der Waals surface area contributed by atoms with Gasteiger partial charge in [0.05, 0.1) is 6.61 Å². The number of furan rings is 1. The van der Waals surface area contributed by atoms with Crippen molar-refractivity contribution >= 4 is 11.9 Å². The summed E-state index contributed by atoms with van der Waals surface area (Å²) in [7, 11) is 0. The van der Waals surface area contributed by atoms with Crippen LogP contribution < -0.4 is 5.73 Å². The van der Waals surface area contributed by atoms with Crippen molar-refractivity contribution < 1.29 is 13.9 Å². The second kappa shape index (κ2) is 4.54. The van der Waals surface area contributed by atoms with Crippen LogP contribution in [-0.4, -0.2) is 12.6 Å². The van der Waals surface area contributed by atoms with E-state index in [9.17, 15) is 4.79 Å². The number of nitrogen functional groups attached to an aromatic ring is 1. The molecule has 0 aliphatic rings. The molecule has 0 aliphatic carbocycles. The number of hydrogen-bond donors (Lipinski definition) is 1. The predicted molar refractivity (Wildman–Crippen MR) is 48.3 cm³/mol. The lowest BCUT2D eigenvalue weighted by molar-refractivity contribution is 0.0465. The summed E-state index contributed by atoms with van der Waals surface area (Å²) >= 11 is 0. The number of carbonyl (C=O) groups is 1. The molecule has 1 heterocycles. The molecule has 0 aliphatic heterocycles. The van der Waals surface area contributed by atoms with Crippen LogP contribution in [0.1, 0.15) is 30.3 Å². The highest BCUT2D eigenvalue weighted by Gasteiger charge is 2.10. The minimum atomic E-state index is -0.454. The molecule has 4 nitrogen and oxygen atoms in total. The zero-order chi connectivity index (χ0) is 9.68. The zero-order valence-electron chi connectivity index (χ0n) is 7.58. The minimum absolute atomic E-state index is 0.161. The molecule has 0 aromatic carbocycles. The highest BCUT2D eigenvalue weighted by molar-refractivity contribution is 5.86. The molecule has 0 saturated carbocycles. The van der Waals surface area contributed by atoms with Gasteiger partial charge in [0, 0.05) is 6.07 Å². The molecule has 0 unspecified atom stereocenters. The summed E-state index contributed by atoms with van der Waals surface area (Å²) in [5.41, 5.74) is 5.30. The van der Waals surface area contributed by atoms with Gasteiger partial charge >= 0.3 is 5.97 Å². The summed E-state index contributed by atoms with van der Waals surface area (Å²) in [6, 6.07) is 3.03. The summed E-state index contributed by atoms with van der Waals surface area (Å²) in [6.07, 6.45) is 1.86. The highest BCUT2D eigenvalue weighted by Crippen LogP contribution is 2.10. The molecule has 0 radical (unpaired) electrons. The van der Waals surface area contributed by atoms with E-state index in [1.54, 1.807) is 0 Å². The van der Waals surface area contributed by atoms with E-state index in [1.807, 2.05) is 6.92 Å². The first kappa shape index (κ1) is 9.64. The third kappa shape index (κ3) is 2.82. The first-order valence-electron chi connectivity index (χ1n) is 4.26. The van der Waals surface area contributed by atoms with Crippen molar-refractivity contribution in [3.05, 3.63) is 17.9 Å². The lowest BCUT2D eigenvalue weighted by Crippen LogP contribution is -2.04. The molecule has 0 fully saturated rings. The fraction of sp³-hybridized carbons (Fsp3) is 0.444. The van der Waals surface area contributed by atoms with Crippen molar-refractivity contribution in [1.29, 1.82) is 0 Å². The fourth-order valence-electron chi connectivity index (χ4n) is 0.843. The van der Waals surface area contributed by atoms with E-state index in [2.05, 4.69) is 0 Å². The van der Waals surface area contributed by atoms with Gasteiger partial charge in [-0.05, 0) is 12.5 Å². The number of esters is 1. The van der Waals surface area contributed by atoms with Crippen molar-refractivity contribution in [3.63, 3.8) is 0 Å². The van der Waals surface area contributed by atoms with Gasteiger partial charge < -0.3 is 14.9 Å². The van der Waals surface area contributed by atoms with E-state index in [4.69, 9.17) is 14.9 Å². The van der Waals surface area contributed by atoms with Crippen LogP contribution in [-0.2, 0) is 4.74 Å². The Bertz CT molecular complexity index is 280. The van der Waals surface area contributed by atoms with Crippen LogP contribution in [0.15, 0.2) is 16.5 Å². The minimum Gasteiger partial charge on any atom is -0.460 e. The molecule has 1 aromatic rings. The topological polar surface area (TPSA) is 65.5 Å². The maximum Gasteiger partial charge on any atom is 0.374 e. The van der Waals surface area contributed by atoms with E-state index in [0.29, 0.717) is 6.61 Å². The largest absolute Gasteiger partial charge is 0.460 e. The van der Waals surface area contributed by atoms with Gasteiger partial charge in [0.15, 0.2) is 5.88 Å². The van der Waals surface area contributed by atoms with Crippen molar-refractivity contribution in [2.45, 2.75) is 19.8 Å². The average Bonchev–Trinajstić information content (AvgIpc) is 2.52. The Balaban J connectivity index is 2.40. The van der Waals surface area contributed by atoms with E-state index in [0.717, 1.165) is 12.8 Å². The molecule has 0 atom stereocenters. The van der Waals surface area contributed by atoms with Crippen LogP contribution in [0.2, 0.25) is 0 Å². The van der Waals surface area contributed by atoms with Crippen LogP contribution in [0, 0.1) is 0 Å². The first-order valence-corrected chi connectivity index (χ1v) is 4.26. The number of rotatable bonds is 4. The standard InChI is InChI=1S/C9H13NO3/c1-2-3-6-12-9(11)7-4-5-8(10)13-7/h4-5H,2-3,6,10H2,1H3. The number of nitrogens with two attached hydrogens (primary N) is 1. The summed E-state index contributed by atoms with van der Waals surface area (Å²) in [4.78, 5) is 11.2. The van der Waals surface area contributed by atoms with Crippen molar-refractivity contribution in [2.75, 3.05) is 12.3 Å². The molecule has 1 aromatic heterocycles. The first-order chi connectivity index (χ1) is 6.24. The van der Waals surface area contributed by atoms with Gasteiger partial charge in [-0.15, -0.1) is 0 Å². The van der Waals surface area contributed by atoms with Gasteiger partial charge in [-0.1, -0.05) is 13.3 Å². The number of hydrogen-bond acceptors (Lipinski definition) is 4. The number of ether oxygens (including phenoxy) is 1. The molecule has 0 saturated heterocycles. The number of carbonyl (C=O) groups excluding carboxylic acids is 1. The summed E-state index contributed by atoms with van der Waals surface area (Å²) in [5, 5.41) is 0. The van der Waals surface area contributed by atoms with Gasteiger partial charge in [0.2, 0.25) is 5.76 Å². The summed E-state index contributed by atoms with van der Waals surface area (Å²) in [5.74, 6) is -0.0683. The van der Waals surface area contributed by atoms with Crippen LogP contribution >= 0.6 is 0 Å². The SMILES string of the molecule is CCCCOC(=O)c1ccc(N)o1. The Hall–Kier alpha value is -1.45. The van der Waals surface area contributed by atoms with E-state index < -0.39 is 5.97 Å². The summed E-state index contributed by atoms with van der Waals surface area (Å²) < 4.78 is 9.77. The summed E-state index contributed by atoms with van der Waals surface area (Å²) in [6.45, 7) is 2.45. The van der Waals surface area contributed by atoms with Gasteiger partial charge in [-0.25, -0.2) is 4.79 Å². The van der Waals surface area contributed by atoms with Crippen molar-refractivity contribution in [1.82, 2.24) is 0 Å². The maximum atomic E-state index is 11.2. The monoisotopic (exact) mass is 183 g/mol. The van der Waals surface area contributed by atoms with E-state index in [-0.39, 0.29) is 11.6 Å². The van der Waals surface area contributed by atoms with Crippen LogP contribution in [0.5, 0.6) is 0 Å². The second-order valence-corrected chi connectivity index (χ2v) is 2.69. The molecule has 0 spiro atoms. The lowest BCUT2D eigenvalue weighted by atomic mass is 10.4. The quantitative estimate of drug-likeness (QED) is 0.571. The number of anilines is 1. The zero-order valence-corrected chi connectivity index (χ0v) is 7.58.